The van der Waals surface area contributed by atoms with Crippen molar-refractivity contribution in [3.63, 3.8) is 0 Å². The van der Waals surface area contributed by atoms with Crippen LogP contribution < -0.4 is 10.2 Å². The highest BCUT2D eigenvalue weighted by atomic mass is 19.1. The molecule has 2 saturated heterocycles. The van der Waals surface area contributed by atoms with Crippen LogP contribution in [0.1, 0.15) is 38.6 Å². The van der Waals surface area contributed by atoms with Crippen LogP contribution in [0.2, 0.25) is 0 Å². The van der Waals surface area contributed by atoms with E-state index in [1.54, 1.807) is 40.3 Å². The molecule has 2 aromatic heterocycles. The molecule has 4 aromatic rings. The lowest BCUT2D eigenvalue weighted by Gasteiger charge is -2.30. The Hall–Kier alpha value is -5.27. The maximum absolute atomic E-state index is 15.3. The standard InChI is InChI=1S/C32H35FN8O5/c1-19(2)28(37-31(43)45-3)30(42)40-13-4-5-27(40)29-34-16-26(36-29)21-8-6-20(7-9-21)24-11-10-22(15-25(24)33)41-18-23(46-32(41)44)17-39-14-12-35-38-39/h6-12,14-16,19,23,27-28H,4-5,13,17-18H2,1-3H3,(H,34,36)(H,37,43)/t23-,27-,28-/m0/s1. The van der Waals surface area contributed by atoms with Crippen LogP contribution in [0.5, 0.6) is 0 Å². The average Bonchev–Trinajstić information content (AvgIpc) is 3.87. The second-order valence-electron chi connectivity index (χ2n) is 11.7. The van der Waals surface area contributed by atoms with E-state index in [2.05, 4.69) is 25.6 Å². The van der Waals surface area contributed by atoms with Gasteiger partial charge in [-0.15, -0.1) is 5.10 Å². The van der Waals surface area contributed by atoms with Gasteiger partial charge in [-0.3, -0.25) is 9.69 Å². The first-order valence-corrected chi connectivity index (χ1v) is 15.1. The summed E-state index contributed by atoms with van der Waals surface area (Å²) in [6.07, 6.45) is 4.90. The number of rotatable bonds is 9. The molecular formula is C32H35FN8O5. The number of methoxy groups -OCH3 is 1. The van der Waals surface area contributed by atoms with Gasteiger partial charge in [0.05, 0.1) is 50.0 Å². The van der Waals surface area contributed by atoms with E-state index in [9.17, 15) is 14.4 Å². The minimum absolute atomic E-state index is 0.125. The summed E-state index contributed by atoms with van der Waals surface area (Å²) in [6.45, 7) is 4.94. The number of benzene rings is 2. The van der Waals surface area contributed by atoms with Crippen LogP contribution >= 0.6 is 0 Å². The van der Waals surface area contributed by atoms with Gasteiger partial charge in [0.15, 0.2) is 0 Å². The zero-order valence-corrected chi connectivity index (χ0v) is 25.7. The van der Waals surface area contributed by atoms with E-state index in [4.69, 9.17) is 9.47 Å². The summed E-state index contributed by atoms with van der Waals surface area (Å²) >= 11 is 0. The number of imidazole rings is 1. The minimum Gasteiger partial charge on any atom is -0.453 e. The number of cyclic esters (lactones) is 1. The first kappa shape index (κ1) is 30.7. The number of H-pyrrole nitrogens is 1. The third-order valence-electron chi connectivity index (χ3n) is 8.35. The first-order chi connectivity index (χ1) is 22.2. The van der Waals surface area contributed by atoms with Crippen LogP contribution in [0.4, 0.5) is 19.7 Å². The predicted molar refractivity (Wildman–Crippen MR) is 165 cm³/mol. The van der Waals surface area contributed by atoms with Crippen molar-refractivity contribution in [3.05, 3.63) is 72.7 Å². The lowest BCUT2D eigenvalue weighted by molar-refractivity contribution is -0.135. The fourth-order valence-electron chi connectivity index (χ4n) is 5.95. The number of aromatic nitrogens is 5. The van der Waals surface area contributed by atoms with E-state index in [1.807, 2.05) is 38.1 Å². The number of carbonyl (C=O) groups excluding carboxylic acids is 3. The number of carbonyl (C=O) groups is 3. The second-order valence-corrected chi connectivity index (χ2v) is 11.7. The van der Waals surface area contributed by atoms with Crippen molar-refractivity contribution in [1.29, 1.82) is 0 Å². The number of hydrogen-bond donors (Lipinski definition) is 2. The van der Waals surface area contributed by atoms with Gasteiger partial charge in [-0.1, -0.05) is 43.3 Å². The maximum Gasteiger partial charge on any atom is 0.414 e. The highest BCUT2D eigenvalue weighted by Gasteiger charge is 2.37. The van der Waals surface area contributed by atoms with E-state index in [0.717, 1.165) is 24.1 Å². The summed E-state index contributed by atoms with van der Waals surface area (Å²) in [5, 5.41) is 10.3. The van der Waals surface area contributed by atoms with Gasteiger partial charge in [0.2, 0.25) is 5.91 Å². The molecule has 13 nitrogen and oxygen atoms in total. The van der Waals surface area contributed by atoms with Crippen molar-refractivity contribution < 1.29 is 28.2 Å². The predicted octanol–water partition coefficient (Wildman–Crippen LogP) is 4.54. The summed E-state index contributed by atoms with van der Waals surface area (Å²) in [6, 6.07) is 11.1. The van der Waals surface area contributed by atoms with Gasteiger partial charge in [0.1, 0.15) is 23.8 Å². The van der Waals surface area contributed by atoms with Crippen LogP contribution in [0.25, 0.3) is 22.4 Å². The number of likely N-dealkylation sites (tertiary alicyclic amines) is 1. The topological polar surface area (TPSA) is 148 Å². The molecule has 6 rings (SSSR count). The Labute approximate surface area is 264 Å². The Kier molecular flexibility index (Phi) is 8.68. The molecule has 240 valence electrons. The number of alkyl carbamates (subject to hydrolysis) is 1. The van der Waals surface area contributed by atoms with Crippen LogP contribution in [0, 0.1) is 11.7 Å². The van der Waals surface area contributed by atoms with Crippen molar-refractivity contribution in [2.75, 3.05) is 25.1 Å². The van der Waals surface area contributed by atoms with Crippen molar-refractivity contribution in [3.8, 4) is 22.4 Å². The summed E-state index contributed by atoms with van der Waals surface area (Å²) in [7, 11) is 1.27. The van der Waals surface area contributed by atoms with Crippen LogP contribution in [-0.4, -0.2) is 80.3 Å². The first-order valence-electron chi connectivity index (χ1n) is 15.1. The van der Waals surface area contributed by atoms with Gasteiger partial charge < -0.3 is 24.7 Å². The number of anilines is 1. The van der Waals surface area contributed by atoms with Crippen LogP contribution in [0.3, 0.4) is 0 Å². The molecule has 46 heavy (non-hydrogen) atoms. The molecule has 2 aliphatic rings. The lowest BCUT2D eigenvalue weighted by Crippen LogP contribution is -2.51. The van der Waals surface area contributed by atoms with E-state index >= 15 is 4.39 Å². The molecular weight excluding hydrogens is 595 g/mol. The number of aromatic amines is 1. The number of halogens is 1. The number of hydrogen-bond acceptors (Lipinski definition) is 8. The van der Waals surface area contributed by atoms with Crippen LogP contribution in [0.15, 0.2) is 61.1 Å². The highest BCUT2D eigenvalue weighted by molar-refractivity contribution is 5.90. The summed E-state index contributed by atoms with van der Waals surface area (Å²) in [5.41, 5.74) is 3.09. The van der Waals surface area contributed by atoms with Crippen molar-refractivity contribution in [1.82, 2.24) is 35.2 Å². The van der Waals surface area contributed by atoms with Gasteiger partial charge in [-0.25, -0.2) is 23.6 Å². The SMILES string of the molecule is COC(=O)N[C@H](C(=O)N1CCC[C@H]1c1ncc(-c2ccc(-c3ccc(N4C[C@H](Cn5ccnn5)OC4=O)cc3F)cc2)[nH]1)C(C)C. The molecule has 0 aliphatic carbocycles. The smallest absolute Gasteiger partial charge is 0.414 e. The third kappa shape index (κ3) is 6.28. The molecule has 0 radical (unpaired) electrons. The molecule has 0 unspecified atom stereocenters. The number of ether oxygens (including phenoxy) is 2. The Morgan fingerprint density at radius 1 is 1.17 bits per heavy atom. The minimum atomic E-state index is -0.712. The maximum atomic E-state index is 15.3. The quantitative estimate of drug-likeness (QED) is 0.274. The molecule has 3 atom stereocenters. The Morgan fingerprint density at radius 2 is 1.96 bits per heavy atom. The molecule has 3 amide bonds. The normalized spacial score (nSPS) is 18.6. The molecule has 2 fully saturated rings. The van der Waals surface area contributed by atoms with E-state index in [0.29, 0.717) is 35.7 Å². The van der Waals surface area contributed by atoms with Gasteiger partial charge in [0, 0.05) is 18.3 Å². The highest BCUT2D eigenvalue weighted by Crippen LogP contribution is 2.34. The average molecular weight is 631 g/mol. The lowest BCUT2D eigenvalue weighted by atomic mass is 10.0. The molecule has 2 aliphatic heterocycles. The molecule has 14 heteroatoms. The van der Waals surface area contributed by atoms with Gasteiger partial charge in [-0.2, -0.15) is 0 Å². The molecule has 2 aromatic carbocycles. The molecule has 0 saturated carbocycles. The fraction of sp³-hybridized carbons (Fsp3) is 0.375. The van der Waals surface area contributed by atoms with E-state index < -0.39 is 30.1 Å². The number of nitrogens with zero attached hydrogens (tertiary/aromatic N) is 6. The van der Waals surface area contributed by atoms with Gasteiger partial charge in [-0.05, 0) is 48.1 Å². The number of nitrogens with one attached hydrogen (secondary N) is 2. The van der Waals surface area contributed by atoms with Crippen molar-refractivity contribution >= 4 is 23.8 Å². The van der Waals surface area contributed by atoms with E-state index in [1.165, 1.54) is 18.1 Å². The molecule has 0 bridgehead atoms. The Bertz CT molecular complexity index is 1710. The van der Waals surface area contributed by atoms with Crippen LogP contribution in [-0.2, 0) is 20.8 Å². The number of amides is 3. The van der Waals surface area contributed by atoms with Crippen molar-refractivity contribution in [2.24, 2.45) is 5.92 Å². The molecule has 4 heterocycles. The summed E-state index contributed by atoms with van der Waals surface area (Å²) < 4.78 is 27.1. The largest absolute Gasteiger partial charge is 0.453 e. The van der Waals surface area contributed by atoms with Crippen molar-refractivity contribution in [2.45, 2.75) is 51.4 Å². The third-order valence-corrected chi connectivity index (χ3v) is 8.35. The summed E-state index contributed by atoms with van der Waals surface area (Å²) in [4.78, 5) is 48.9. The van der Waals surface area contributed by atoms with E-state index in [-0.39, 0.29) is 24.4 Å². The zero-order valence-electron chi connectivity index (χ0n) is 25.7. The Balaban J connectivity index is 1.13. The van der Waals surface area contributed by atoms with Gasteiger partial charge in [0.25, 0.3) is 0 Å². The summed E-state index contributed by atoms with van der Waals surface area (Å²) in [5.74, 6) is -0.101. The molecule has 2 N–H and O–H groups in total. The fourth-order valence-corrected chi connectivity index (χ4v) is 5.95. The van der Waals surface area contributed by atoms with Gasteiger partial charge >= 0.3 is 12.2 Å². The second kappa shape index (κ2) is 13.0. The molecule has 0 spiro atoms. The Morgan fingerprint density at radius 3 is 2.65 bits per heavy atom. The zero-order chi connectivity index (χ0) is 32.4. The monoisotopic (exact) mass is 630 g/mol.